The molecule has 2 heteroatoms. The van der Waals surface area contributed by atoms with Crippen molar-refractivity contribution in [3.8, 4) is 11.3 Å². The molecule has 1 N–H and O–H groups in total. The third-order valence-electron chi connectivity index (χ3n) is 2.83. The van der Waals surface area contributed by atoms with Crippen molar-refractivity contribution < 1.29 is 4.40 Å². The highest BCUT2D eigenvalue weighted by atomic mass is 15.0. The van der Waals surface area contributed by atoms with E-state index in [4.69, 9.17) is 0 Å². The van der Waals surface area contributed by atoms with Gasteiger partial charge in [0.2, 0.25) is 0 Å². The number of H-pyrrole nitrogens is 1. The quantitative estimate of drug-likeness (QED) is 0.595. The lowest BCUT2D eigenvalue weighted by molar-refractivity contribution is -0.509. The highest BCUT2D eigenvalue weighted by Crippen LogP contribution is 2.16. The van der Waals surface area contributed by atoms with E-state index in [2.05, 4.69) is 65.1 Å². The van der Waals surface area contributed by atoms with Crippen LogP contribution < -0.4 is 4.40 Å². The Morgan fingerprint density at radius 2 is 1.81 bits per heavy atom. The second-order valence-corrected chi connectivity index (χ2v) is 3.98. The van der Waals surface area contributed by atoms with Gasteiger partial charge in [-0.05, 0) is 19.1 Å². The van der Waals surface area contributed by atoms with Gasteiger partial charge in [0.05, 0.1) is 6.20 Å². The number of aromatic amines is 1. The molecule has 0 saturated heterocycles. The van der Waals surface area contributed by atoms with E-state index in [-0.39, 0.29) is 0 Å². The number of aromatic nitrogens is 2. The molecule has 0 aliphatic rings. The lowest BCUT2D eigenvalue weighted by Gasteiger charge is -1.89. The van der Waals surface area contributed by atoms with Crippen LogP contribution in [0.5, 0.6) is 0 Å². The van der Waals surface area contributed by atoms with Crippen LogP contribution in [0, 0.1) is 6.92 Å². The largest absolute Gasteiger partial charge is 0.287 e. The predicted molar refractivity (Wildman–Crippen MR) is 64.1 cm³/mol. The molecule has 0 aliphatic carbocycles. The predicted octanol–water partition coefficient (Wildman–Crippen LogP) is 2.73. The van der Waals surface area contributed by atoms with Crippen LogP contribution in [0.4, 0.5) is 0 Å². The van der Waals surface area contributed by atoms with Gasteiger partial charge < -0.3 is 0 Å². The number of aryl methyl sites for hydroxylation is 1. The number of benzene rings is 1. The molecule has 2 aromatic heterocycles. The summed E-state index contributed by atoms with van der Waals surface area (Å²) in [7, 11) is 0. The molecule has 3 aromatic rings. The molecule has 78 valence electrons. The first-order valence-electron chi connectivity index (χ1n) is 5.39. The van der Waals surface area contributed by atoms with Gasteiger partial charge in [-0.1, -0.05) is 30.3 Å². The summed E-state index contributed by atoms with van der Waals surface area (Å²) in [5.41, 5.74) is 4.77. The Labute approximate surface area is 94.2 Å². The lowest BCUT2D eigenvalue weighted by atomic mass is 10.2. The monoisotopic (exact) mass is 209 g/mol. The smallest absolute Gasteiger partial charge is 0.236 e. The first-order valence-corrected chi connectivity index (χ1v) is 5.39. The zero-order valence-corrected chi connectivity index (χ0v) is 9.14. The Hall–Kier alpha value is -2.09. The molecule has 0 fully saturated rings. The maximum absolute atomic E-state index is 3.44. The minimum Gasteiger partial charge on any atom is -0.236 e. The van der Waals surface area contributed by atoms with E-state index in [9.17, 15) is 0 Å². The van der Waals surface area contributed by atoms with E-state index in [0.717, 1.165) is 11.3 Å². The topological polar surface area (TPSA) is 19.9 Å². The summed E-state index contributed by atoms with van der Waals surface area (Å²) in [5, 5.41) is 0. The number of pyridine rings is 1. The van der Waals surface area contributed by atoms with Crippen molar-refractivity contribution in [2.24, 2.45) is 0 Å². The van der Waals surface area contributed by atoms with Crippen molar-refractivity contribution in [3.05, 3.63) is 60.4 Å². The summed E-state index contributed by atoms with van der Waals surface area (Å²) < 4.78 is 2.12. The first-order chi connectivity index (χ1) is 7.84. The van der Waals surface area contributed by atoms with Gasteiger partial charge in [0.15, 0.2) is 5.69 Å². The number of rotatable bonds is 1. The second-order valence-electron chi connectivity index (χ2n) is 3.98. The molecule has 0 atom stereocenters. The zero-order valence-electron chi connectivity index (χ0n) is 9.14. The van der Waals surface area contributed by atoms with Crippen LogP contribution in [-0.2, 0) is 0 Å². The van der Waals surface area contributed by atoms with Gasteiger partial charge in [-0.15, -0.1) is 0 Å². The summed E-state index contributed by atoms with van der Waals surface area (Å²) in [6, 6.07) is 14.5. The minimum absolute atomic E-state index is 1.15. The third-order valence-corrected chi connectivity index (χ3v) is 2.83. The fourth-order valence-electron chi connectivity index (χ4n) is 1.97. The maximum atomic E-state index is 3.44. The maximum Gasteiger partial charge on any atom is 0.287 e. The molecule has 0 amide bonds. The standard InChI is InChI=1S/C14H12N2/c1-11-6-5-9-16-10-13(15-14(11)16)12-7-3-2-4-8-12/h2-10H,1H3/p+1. The first kappa shape index (κ1) is 9.16. The highest BCUT2D eigenvalue weighted by Gasteiger charge is 2.11. The van der Waals surface area contributed by atoms with E-state index in [0.29, 0.717) is 0 Å². The normalized spacial score (nSPS) is 10.8. The fraction of sp³-hybridized carbons (Fsp3) is 0.0714. The Morgan fingerprint density at radius 1 is 1.00 bits per heavy atom. The Balaban J connectivity index is 2.23. The molecule has 0 saturated carbocycles. The van der Waals surface area contributed by atoms with Gasteiger partial charge in [0.25, 0.3) is 5.65 Å². The van der Waals surface area contributed by atoms with Crippen LogP contribution in [0.25, 0.3) is 16.9 Å². The van der Waals surface area contributed by atoms with Crippen molar-refractivity contribution in [2.45, 2.75) is 6.92 Å². The molecule has 0 bridgehead atoms. The summed E-state index contributed by atoms with van der Waals surface area (Å²) in [4.78, 5) is 3.44. The number of fused-ring (bicyclic) bond motifs is 1. The van der Waals surface area contributed by atoms with Crippen LogP contribution in [0.15, 0.2) is 54.9 Å². The van der Waals surface area contributed by atoms with Crippen molar-refractivity contribution in [3.63, 3.8) is 0 Å². The van der Waals surface area contributed by atoms with Gasteiger partial charge in [-0.25, -0.2) is 9.38 Å². The van der Waals surface area contributed by atoms with Crippen molar-refractivity contribution in [1.29, 1.82) is 0 Å². The SMILES string of the molecule is Cc1ccc[n+]2cc(-c3ccccc3)[nH]c12. The summed E-state index contributed by atoms with van der Waals surface area (Å²) in [5.74, 6) is 0. The average molecular weight is 209 g/mol. The van der Waals surface area contributed by atoms with Crippen molar-refractivity contribution >= 4 is 5.65 Å². The summed E-state index contributed by atoms with van der Waals surface area (Å²) >= 11 is 0. The van der Waals surface area contributed by atoms with E-state index in [1.165, 1.54) is 11.1 Å². The van der Waals surface area contributed by atoms with Crippen molar-refractivity contribution in [2.75, 3.05) is 0 Å². The Bertz CT molecular complexity index is 624. The van der Waals surface area contributed by atoms with E-state index in [1.807, 2.05) is 6.07 Å². The van der Waals surface area contributed by atoms with Gasteiger partial charge in [-0.3, -0.25) is 0 Å². The van der Waals surface area contributed by atoms with Gasteiger partial charge in [0, 0.05) is 11.1 Å². The molecular formula is C14H13N2+. The average Bonchev–Trinajstić information content (AvgIpc) is 2.76. The van der Waals surface area contributed by atoms with Crippen LogP contribution in [0.2, 0.25) is 0 Å². The van der Waals surface area contributed by atoms with E-state index < -0.39 is 0 Å². The minimum atomic E-state index is 1.15. The lowest BCUT2D eigenvalue weighted by Crippen LogP contribution is -2.17. The molecule has 2 heterocycles. The molecule has 0 unspecified atom stereocenters. The molecule has 3 rings (SSSR count). The number of imidazole rings is 1. The molecule has 0 spiro atoms. The van der Waals surface area contributed by atoms with Gasteiger partial charge >= 0.3 is 0 Å². The summed E-state index contributed by atoms with van der Waals surface area (Å²) in [6.07, 6.45) is 4.18. The number of nitrogens with one attached hydrogen (secondary N) is 1. The third kappa shape index (κ3) is 1.39. The molecule has 0 radical (unpaired) electrons. The molecule has 0 aliphatic heterocycles. The zero-order chi connectivity index (χ0) is 11.0. The van der Waals surface area contributed by atoms with Crippen molar-refractivity contribution in [1.82, 2.24) is 4.98 Å². The Morgan fingerprint density at radius 3 is 2.56 bits per heavy atom. The molecule has 2 nitrogen and oxygen atoms in total. The van der Waals surface area contributed by atoms with Gasteiger partial charge in [0.1, 0.15) is 6.20 Å². The number of nitrogens with zero attached hydrogens (tertiary/aromatic N) is 1. The van der Waals surface area contributed by atoms with E-state index in [1.54, 1.807) is 0 Å². The van der Waals surface area contributed by atoms with Crippen LogP contribution in [0.3, 0.4) is 0 Å². The van der Waals surface area contributed by atoms with Crippen LogP contribution in [0.1, 0.15) is 5.56 Å². The molecular weight excluding hydrogens is 196 g/mol. The number of hydrogen-bond acceptors (Lipinski definition) is 0. The molecule has 1 aromatic carbocycles. The highest BCUT2D eigenvalue weighted by molar-refractivity contribution is 5.60. The van der Waals surface area contributed by atoms with E-state index >= 15 is 0 Å². The summed E-state index contributed by atoms with van der Waals surface area (Å²) in [6.45, 7) is 2.11. The Kier molecular flexibility index (Phi) is 2.00. The van der Waals surface area contributed by atoms with Gasteiger partial charge in [-0.2, -0.15) is 0 Å². The number of hydrogen-bond donors (Lipinski definition) is 1. The molecule has 16 heavy (non-hydrogen) atoms. The van der Waals surface area contributed by atoms with Crippen LogP contribution in [-0.4, -0.2) is 4.98 Å². The fourth-order valence-corrected chi connectivity index (χ4v) is 1.97. The second kappa shape index (κ2) is 3.49. The van der Waals surface area contributed by atoms with Crippen LogP contribution >= 0.6 is 0 Å².